The highest BCUT2D eigenvalue weighted by molar-refractivity contribution is 5.68. The molecule has 0 saturated carbocycles. The van der Waals surface area contributed by atoms with Gasteiger partial charge >= 0.3 is 5.97 Å². The minimum Gasteiger partial charge on any atom is -0.481 e. The molecule has 0 aliphatic carbocycles. The van der Waals surface area contributed by atoms with E-state index in [-0.39, 0.29) is 6.42 Å². The van der Waals surface area contributed by atoms with Crippen LogP contribution in [0.4, 0.5) is 5.95 Å². The Morgan fingerprint density at radius 2 is 2.29 bits per heavy atom. The van der Waals surface area contributed by atoms with Crippen LogP contribution in [-0.4, -0.2) is 36.8 Å². The van der Waals surface area contributed by atoms with Crippen LogP contribution in [-0.2, 0) is 11.8 Å². The third-order valence-electron chi connectivity index (χ3n) is 1.66. The van der Waals surface area contributed by atoms with Crippen molar-refractivity contribution < 1.29 is 9.90 Å². The molecule has 1 aromatic heterocycles. The molecule has 0 bridgehead atoms. The van der Waals surface area contributed by atoms with E-state index in [4.69, 9.17) is 5.11 Å². The number of carboxylic acids is 1. The number of nitrogens with zero attached hydrogens (tertiary/aromatic N) is 4. The number of carbonyl (C=O) groups is 1. The summed E-state index contributed by atoms with van der Waals surface area (Å²) >= 11 is 0. The van der Waals surface area contributed by atoms with Crippen LogP contribution in [0.15, 0.2) is 0 Å². The number of hydrogen-bond acceptors (Lipinski definition) is 5. The summed E-state index contributed by atoms with van der Waals surface area (Å²) in [6.07, 6.45) is -0.000139. The Kier molecular flexibility index (Phi) is 2.68. The van der Waals surface area contributed by atoms with Crippen molar-refractivity contribution in [2.24, 2.45) is 7.05 Å². The van der Waals surface area contributed by atoms with Gasteiger partial charge < -0.3 is 10.4 Å². The molecule has 1 heterocycles. The van der Waals surface area contributed by atoms with Crippen LogP contribution < -0.4 is 5.32 Å². The molecule has 0 fully saturated rings. The third kappa shape index (κ3) is 2.68. The van der Waals surface area contributed by atoms with Crippen molar-refractivity contribution >= 4 is 11.9 Å². The molecule has 0 spiro atoms. The third-order valence-corrected chi connectivity index (χ3v) is 1.66. The molecule has 0 atom stereocenters. The number of aromatic nitrogens is 4. The van der Waals surface area contributed by atoms with E-state index in [1.54, 1.807) is 20.9 Å². The molecule has 0 amide bonds. The molecule has 7 heteroatoms. The zero-order chi connectivity index (χ0) is 10.8. The minimum absolute atomic E-state index is 0.000139. The lowest BCUT2D eigenvalue weighted by molar-refractivity contribution is -0.137. The summed E-state index contributed by atoms with van der Waals surface area (Å²) in [5.74, 6) is -0.408. The normalized spacial score (nSPS) is 11.4. The Hall–Kier alpha value is -1.66. The summed E-state index contributed by atoms with van der Waals surface area (Å²) in [4.78, 5) is 10.5. The minimum atomic E-state index is -0.863. The number of nitrogens with one attached hydrogen (secondary N) is 1. The average molecular weight is 199 g/mol. The molecule has 0 aliphatic heterocycles. The first-order valence-corrected chi connectivity index (χ1v) is 4.13. The Labute approximate surface area is 81.1 Å². The van der Waals surface area contributed by atoms with E-state index < -0.39 is 11.5 Å². The van der Waals surface area contributed by atoms with Crippen LogP contribution in [0.25, 0.3) is 0 Å². The number of aliphatic carboxylic acids is 1. The van der Waals surface area contributed by atoms with E-state index in [0.717, 1.165) is 0 Å². The van der Waals surface area contributed by atoms with Gasteiger partial charge in [-0.1, -0.05) is 5.10 Å². The van der Waals surface area contributed by atoms with Gasteiger partial charge in [-0.05, 0) is 24.3 Å². The van der Waals surface area contributed by atoms with Crippen molar-refractivity contribution in [2.75, 3.05) is 5.32 Å². The lowest BCUT2D eigenvalue weighted by Gasteiger charge is -2.23. The van der Waals surface area contributed by atoms with Crippen molar-refractivity contribution in [1.82, 2.24) is 20.2 Å². The van der Waals surface area contributed by atoms with E-state index in [0.29, 0.717) is 5.95 Å². The summed E-state index contributed by atoms with van der Waals surface area (Å²) in [6, 6.07) is 0. The van der Waals surface area contributed by atoms with Gasteiger partial charge in [-0.3, -0.25) is 4.79 Å². The number of aryl methyl sites for hydroxylation is 1. The van der Waals surface area contributed by atoms with Gasteiger partial charge in [-0.25, -0.2) is 4.68 Å². The molecule has 0 aromatic carbocycles. The largest absolute Gasteiger partial charge is 0.481 e. The maximum absolute atomic E-state index is 10.5. The van der Waals surface area contributed by atoms with Crippen LogP contribution in [0.2, 0.25) is 0 Å². The number of anilines is 1. The first-order valence-electron chi connectivity index (χ1n) is 4.13. The smallest absolute Gasteiger partial charge is 0.305 e. The molecule has 7 nitrogen and oxygen atoms in total. The highest BCUT2D eigenvalue weighted by atomic mass is 16.4. The fourth-order valence-electron chi connectivity index (χ4n) is 1.06. The molecular weight excluding hydrogens is 186 g/mol. The second kappa shape index (κ2) is 3.60. The van der Waals surface area contributed by atoms with Gasteiger partial charge in [0.15, 0.2) is 0 Å². The Balaban J connectivity index is 2.68. The number of hydrogen-bond donors (Lipinski definition) is 2. The van der Waals surface area contributed by atoms with E-state index >= 15 is 0 Å². The van der Waals surface area contributed by atoms with Crippen molar-refractivity contribution in [1.29, 1.82) is 0 Å². The number of rotatable bonds is 4. The maximum atomic E-state index is 10.5. The first kappa shape index (κ1) is 10.4. The van der Waals surface area contributed by atoms with E-state index in [1.807, 2.05) is 0 Å². The van der Waals surface area contributed by atoms with Gasteiger partial charge in [-0.2, -0.15) is 0 Å². The summed E-state index contributed by atoms with van der Waals surface area (Å²) in [6.45, 7) is 3.55. The number of carboxylic acid groups (broad SMARTS) is 1. The van der Waals surface area contributed by atoms with Gasteiger partial charge in [0, 0.05) is 12.6 Å². The SMILES string of the molecule is Cn1nnnc1NC(C)(C)CC(=O)O. The Morgan fingerprint density at radius 3 is 2.71 bits per heavy atom. The topological polar surface area (TPSA) is 92.9 Å². The molecule has 0 unspecified atom stereocenters. The Morgan fingerprint density at radius 1 is 1.64 bits per heavy atom. The maximum Gasteiger partial charge on any atom is 0.305 e. The lowest BCUT2D eigenvalue weighted by Crippen LogP contribution is -2.34. The predicted octanol–water partition coefficient (Wildman–Crippen LogP) is -0.125. The van der Waals surface area contributed by atoms with Crippen LogP contribution >= 0.6 is 0 Å². The van der Waals surface area contributed by atoms with E-state index in [9.17, 15) is 4.79 Å². The monoisotopic (exact) mass is 199 g/mol. The van der Waals surface area contributed by atoms with Gasteiger partial charge in [-0.15, -0.1) is 0 Å². The van der Waals surface area contributed by atoms with Crippen LogP contribution in [0, 0.1) is 0 Å². The van der Waals surface area contributed by atoms with Crippen molar-refractivity contribution in [3.63, 3.8) is 0 Å². The lowest BCUT2D eigenvalue weighted by atomic mass is 10.0. The van der Waals surface area contributed by atoms with Crippen molar-refractivity contribution in [3.8, 4) is 0 Å². The molecule has 0 radical (unpaired) electrons. The molecule has 14 heavy (non-hydrogen) atoms. The molecular formula is C7H13N5O2. The standard InChI is InChI=1S/C7H13N5O2/c1-7(2,4-5(13)14)8-6-9-10-11-12(6)3/h4H2,1-3H3,(H,13,14)(H,8,9,11). The average Bonchev–Trinajstić information content (AvgIpc) is 2.32. The zero-order valence-corrected chi connectivity index (χ0v) is 8.35. The molecule has 1 aromatic rings. The molecule has 2 N–H and O–H groups in total. The fraction of sp³-hybridized carbons (Fsp3) is 0.714. The van der Waals surface area contributed by atoms with E-state index in [2.05, 4.69) is 20.8 Å². The number of tetrazole rings is 1. The highest BCUT2D eigenvalue weighted by Gasteiger charge is 2.23. The fourth-order valence-corrected chi connectivity index (χ4v) is 1.06. The van der Waals surface area contributed by atoms with Crippen LogP contribution in [0.3, 0.4) is 0 Å². The highest BCUT2D eigenvalue weighted by Crippen LogP contribution is 2.14. The summed E-state index contributed by atoms with van der Waals surface area (Å²) < 4.78 is 1.45. The second-order valence-electron chi connectivity index (χ2n) is 3.71. The van der Waals surface area contributed by atoms with Crippen LogP contribution in [0.1, 0.15) is 20.3 Å². The summed E-state index contributed by atoms with van der Waals surface area (Å²) in [5.41, 5.74) is -0.575. The zero-order valence-electron chi connectivity index (χ0n) is 8.35. The second-order valence-corrected chi connectivity index (χ2v) is 3.71. The van der Waals surface area contributed by atoms with Gasteiger partial charge in [0.05, 0.1) is 6.42 Å². The molecule has 78 valence electrons. The molecule has 0 aliphatic rings. The Bertz CT molecular complexity index is 333. The van der Waals surface area contributed by atoms with Crippen LogP contribution in [0.5, 0.6) is 0 Å². The van der Waals surface area contributed by atoms with Gasteiger partial charge in [0.25, 0.3) is 0 Å². The predicted molar refractivity (Wildman–Crippen MR) is 48.8 cm³/mol. The molecule has 1 rings (SSSR count). The van der Waals surface area contributed by atoms with Gasteiger partial charge in [0.1, 0.15) is 0 Å². The summed E-state index contributed by atoms with van der Waals surface area (Å²) in [7, 11) is 1.68. The summed E-state index contributed by atoms with van der Waals surface area (Å²) in [5, 5.41) is 22.4. The van der Waals surface area contributed by atoms with Gasteiger partial charge in [0.2, 0.25) is 5.95 Å². The first-order chi connectivity index (χ1) is 6.41. The molecule has 0 saturated heterocycles. The quantitative estimate of drug-likeness (QED) is 0.702. The van der Waals surface area contributed by atoms with Crippen molar-refractivity contribution in [3.05, 3.63) is 0 Å². The van der Waals surface area contributed by atoms with Crippen molar-refractivity contribution in [2.45, 2.75) is 25.8 Å². The van der Waals surface area contributed by atoms with E-state index in [1.165, 1.54) is 4.68 Å².